The second-order valence-corrected chi connectivity index (χ2v) is 1.36. The Hall–Kier alpha value is -0.240. The highest BCUT2D eigenvalue weighted by Crippen LogP contribution is 1.76. The highest BCUT2D eigenvalue weighted by atomic mass is 16.5. The van der Waals surface area contributed by atoms with Crippen molar-refractivity contribution in [1.29, 1.82) is 0 Å². The van der Waals surface area contributed by atoms with Gasteiger partial charge < -0.3 is 33.3 Å². The van der Waals surface area contributed by atoms with Crippen LogP contribution in [0.2, 0.25) is 0 Å². The summed E-state index contributed by atoms with van der Waals surface area (Å²) < 4.78 is 5.01. The molecule has 11 N–H and O–H groups in total. The highest BCUT2D eigenvalue weighted by molar-refractivity contribution is 4.49. The lowest BCUT2D eigenvalue weighted by molar-refractivity contribution is 0.109. The van der Waals surface area contributed by atoms with Crippen molar-refractivity contribution in [1.82, 2.24) is 17.6 Å². The van der Waals surface area contributed by atoms with E-state index in [0.29, 0.717) is 0 Å². The Morgan fingerprint density at radius 3 is 1.40 bits per heavy atom. The number of nitrogens with one attached hydrogen (secondary N) is 1. The van der Waals surface area contributed by atoms with E-state index in [4.69, 9.17) is 4.74 Å². The molecule has 1 heterocycles. The zero-order chi connectivity index (χ0) is 4.24. The molecule has 0 spiro atoms. The maximum absolute atomic E-state index is 5.01. The SMILES string of the molecule is C1COCCN1.N.N.O.O. The maximum Gasteiger partial charge on any atom is 0.0591 e. The second kappa shape index (κ2) is 15.9. The number of morpholine rings is 1. The number of rotatable bonds is 0. The van der Waals surface area contributed by atoms with E-state index in [2.05, 4.69) is 5.32 Å². The maximum atomic E-state index is 5.01. The number of hydrogen-bond donors (Lipinski definition) is 3. The topological polar surface area (TPSA) is 154 Å². The third-order valence-electron chi connectivity index (χ3n) is 0.846. The minimum atomic E-state index is 0. The van der Waals surface area contributed by atoms with Crippen LogP contribution >= 0.6 is 0 Å². The van der Waals surface area contributed by atoms with Crippen LogP contribution in [0.5, 0.6) is 0 Å². The molecule has 1 saturated heterocycles. The first-order chi connectivity index (χ1) is 3.00. The van der Waals surface area contributed by atoms with Crippen molar-refractivity contribution in [3.63, 3.8) is 0 Å². The van der Waals surface area contributed by atoms with E-state index in [0.717, 1.165) is 26.3 Å². The van der Waals surface area contributed by atoms with Crippen molar-refractivity contribution >= 4 is 0 Å². The Morgan fingerprint density at radius 2 is 1.30 bits per heavy atom. The first kappa shape index (κ1) is 22.6. The third-order valence-corrected chi connectivity index (χ3v) is 0.846. The molecule has 1 fully saturated rings. The van der Waals surface area contributed by atoms with E-state index in [-0.39, 0.29) is 23.3 Å². The Balaban J connectivity index is -0.0000000450. The quantitative estimate of drug-likeness (QED) is 0.382. The Morgan fingerprint density at radius 1 is 0.900 bits per heavy atom. The molecular weight excluding hydrogens is 138 g/mol. The molecule has 0 saturated carbocycles. The van der Waals surface area contributed by atoms with Crippen molar-refractivity contribution in [2.24, 2.45) is 0 Å². The van der Waals surface area contributed by atoms with Crippen LogP contribution in [0.1, 0.15) is 0 Å². The van der Waals surface area contributed by atoms with Crippen LogP contribution in [0.4, 0.5) is 0 Å². The normalized spacial score (nSPS) is 14.4. The molecule has 1 aliphatic rings. The van der Waals surface area contributed by atoms with Crippen LogP contribution in [-0.2, 0) is 4.74 Å². The molecule has 0 aromatic carbocycles. The minimum Gasteiger partial charge on any atom is -0.412 e. The van der Waals surface area contributed by atoms with Crippen molar-refractivity contribution in [2.75, 3.05) is 26.3 Å². The first-order valence-corrected chi connectivity index (χ1v) is 2.28. The van der Waals surface area contributed by atoms with Crippen molar-refractivity contribution in [3.05, 3.63) is 0 Å². The van der Waals surface area contributed by atoms with Crippen LogP contribution < -0.4 is 17.6 Å². The predicted octanol–water partition coefficient (Wildman–Crippen LogP) is -1.72. The summed E-state index contributed by atoms with van der Waals surface area (Å²) in [6.07, 6.45) is 0. The zero-order valence-corrected chi connectivity index (χ0v) is 6.15. The summed E-state index contributed by atoms with van der Waals surface area (Å²) in [5.74, 6) is 0. The van der Waals surface area contributed by atoms with Gasteiger partial charge in [0.25, 0.3) is 0 Å². The fourth-order valence-corrected chi connectivity index (χ4v) is 0.516. The van der Waals surface area contributed by atoms with Crippen LogP contribution in [0.3, 0.4) is 0 Å². The van der Waals surface area contributed by atoms with Gasteiger partial charge in [-0.3, -0.25) is 0 Å². The van der Waals surface area contributed by atoms with E-state index in [1.54, 1.807) is 0 Å². The molecule has 0 atom stereocenters. The Labute approximate surface area is 60.7 Å². The zero-order valence-electron chi connectivity index (χ0n) is 6.15. The lowest BCUT2D eigenvalue weighted by Gasteiger charge is -2.10. The molecule has 6 nitrogen and oxygen atoms in total. The third kappa shape index (κ3) is 10.7. The molecular formula is C4H19N3O3. The molecule has 0 unspecified atom stereocenters. The van der Waals surface area contributed by atoms with Crippen LogP contribution in [0, 0.1) is 0 Å². The molecule has 0 aliphatic carbocycles. The summed E-state index contributed by atoms with van der Waals surface area (Å²) in [7, 11) is 0. The van der Waals surface area contributed by atoms with Gasteiger partial charge in [0.15, 0.2) is 0 Å². The molecule has 1 aliphatic heterocycles. The van der Waals surface area contributed by atoms with E-state index in [1.165, 1.54) is 0 Å². The Bertz CT molecular complexity index is 31.2. The van der Waals surface area contributed by atoms with Gasteiger partial charge in [0.2, 0.25) is 0 Å². The molecule has 10 heavy (non-hydrogen) atoms. The Kier molecular flexibility index (Phi) is 35.9. The smallest absolute Gasteiger partial charge is 0.0591 e. The van der Waals surface area contributed by atoms with Gasteiger partial charge in [-0.2, -0.15) is 0 Å². The molecule has 0 bridgehead atoms. The lowest BCUT2D eigenvalue weighted by Crippen LogP contribution is -2.30. The molecule has 0 radical (unpaired) electrons. The van der Waals surface area contributed by atoms with Crippen LogP contribution in [0.15, 0.2) is 0 Å². The van der Waals surface area contributed by atoms with E-state index in [1.807, 2.05) is 0 Å². The van der Waals surface area contributed by atoms with Crippen LogP contribution in [-0.4, -0.2) is 37.3 Å². The molecule has 1 rings (SSSR count). The van der Waals surface area contributed by atoms with Crippen molar-refractivity contribution in [3.8, 4) is 0 Å². The van der Waals surface area contributed by atoms with Gasteiger partial charge >= 0.3 is 0 Å². The van der Waals surface area contributed by atoms with Gasteiger partial charge in [-0.1, -0.05) is 0 Å². The van der Waals surface area contributed by atoms with Gasteiger partial charge in [-0.15, -0.1) is 0 Å². The van der Waals surface area contributed by atoms with Gasteiger partial charge in [0.05, 0.1) is 13.2 Å². The molecule has 0 aromatic heterocycles. The summed E-state index contributed by atoms with van der Waals surface area (Å²) in [5.41, 5.74) is 0. The van der Waals surface area contributed by atoms with Crippen LogP contribution in [0.25, 0.3) is 0 Å². The van der Waals surface area contributed by atoms with E-state index >= 15 is 0 Å². The lowest BCUT2D eigenvalue weighted by atomic mass is 10.5. The second-order valence-electron chi connectivity index (χ2n) is 1.36. The average molecular weight is 157 g/mol. The molecule has 6 heteroatoms. The van der Waals surface area contributed by atoms with Gasteiger partial charge in [-0.05, 0) is 0 Å². The highest BCUT2D eigenvalue weighted by Gasteiger charge is 1.92. The van der Waals surface area contributed by atoms with E-state index < -0.39 is 0 Å². The molecule has 68 valence electrons. The van der Waals surface area contributed by atoms with Crippen molar-refractivity contribution < 1.29 is 15.7 Å². The summed E-state index contributed by atoms with van der Waals surface area (Å²) in [4.78, 5) is 0. The fraction of sp³-hybridized carbons (Fsp3) is 1.00. The van der Waals surface area contributed by atoms with Crippen molar-refractivity contribution in [2.45, 2.75) is 0 Å². The summed E-state index contributed by atoms with van der Waals surface area (Å²) >= 11 is 0. The number of ether oxygens (including phenoxy) is 1. The molecule has 0 amide bonds. The summed E-state index contributed by atoms with van der Waals surface area (Å²) in [6, 6.07) is 0. The summed E-state index contributed by atoms with van der Waals surface area (Å²) in [6.45, 7) is 3.83. The van der Waals surface area contributed by atoms with E-state index in [9.17, 15) is 0 Å². The average Bonchev–Trinajstić information content (AvgIpc) is 1.72. The van der Waals surface area contributed by atoms with Gasteiger partial charge in [-0.25, -0.2) is 0 Å². The largest absolute Gasteiger partial charge is 0.412 e. The fourth-order valence-electron chi connectivity index (χ4n) is 0.516. The monoisotopic (exact) mass is 157 g/mol. The first-order valence-electron chi connectivity index (χ1n) is 2.28. The predicted molar refractivity (Wildman–Crippen MR) is 41.0 cm³/mol. The minimum absolute atomic E-state index is 0. The number of hydrogen-bond acceptors (Lipinski definition) is 4. The van der Waals surface area contributed by atoms with Gasteiger partial charge in [0.1, 0.15) is 0 Å². The summed E-state index contributed by atoms with van der Waals surface area (Å²) in [5, 5.41) is 3.16. The van der Waals surface area contributed by atoms with Gasteiger partial charge in [0, 0.05) is 13.1 Å². The standard InChI is InChI=1S/C4H9NO.2H3N.2H2O/c1-3-6-4-2-5-1;;;;/h5H,1-4H2;2*1H3;2*1H2. The molecule has 0 aromatic rings.